The summed E-state index contributed by atoms with van der Waals surface area (Å²) in [5, 5.41) is 23.2. The van der Waals surface area contributed by atoms with Crippen molar-refractivity contribution in [1.29, 1.82) is 0 Å². The lowest BCUT2D eigenvalue weighted by atomic mass is 9.91. The molecule has 4 N–H and O–H groups in total. The number of aromatic hydroxyl groups is 1. The number of carboxylic acid groups (broad SMARTS) is 1. The molecule has 12 nitrogen and oxygen atoms in total. The third-order valence-corrected chi connectivity index (χ3v) is 9.18. The van der Waals surface area contributed by atoms with Crippen LogP contribution in [0.3, 0.4) is 0 Å². The molecule has 0 unspecified atom stereocenters. The predicted molar refractivity (Wildman–Crippen MR) is 210 cm³/mol. The number of allylic oxidation sites excluding steroid dienone is 3. The van der Waals surface area contributed by atoms with Crippen LogP contribution in [0.25, 0.3) is 34.5 Å². The molecular formula is C41H27IN4O8. The molecule has 2 aliphatic rings. The number of anilines is 1. The molecule has 1 fully saturated rings. The number of fused-ring (bicyclic) bond motifs is 1. The Morgan fingerprint density at radius 2 is 1.37 bits per heavy atom. The zero-order valence-electron chi connectivity index (χ0n) is 27.9. The summed E-state index contributed by atoms with van der Waals surface area (Å²) in [4.78, 5) is 60.1. The molecule has 2 aromatic heterocycles. The molecule has 0 spiro atoms. The van der Waals surface area contributed by atoms with Crippen LogP contribution in [0.4, 0.5) is 5.69 Å². The van der Waals surface area contributed by atoms with E-state index in [1.54, 1.807) is 36.4 Å². The first-order valence-electron chi connectivity index (χ1n) is 16.3. The van der Waals surface area contributed by atoms with Gasteiger partial charge in [0, 0.05) is 9.13 Å². The Hall–Kier alpha value is -7.00. The van der Waals surface area contributed by atoms with Gasteiger partial charge in [0.15, 0.2) is 5.78 Å². The van der Waals surface area contributed by atoms with Gasteiger partial charge in [-0.3, -0.25) is 29.7 Å². The van der Waals surface area contributed by atoms with Gasteiger partial charge >= 0.3 is 5.97 Å². The Morgan fingerprint density at radius 1 is 0.722 bits per heavy atom. The maximum absolute atomic E-state index is 12.6. The summed E-state index contributed by atoms with van der Waals surface area (Å²) in [6.45, 7) is 0. The number of furan rings is 1. The van der Waals surface area contributed by atoms with Crippen molar-refractivity contribution in [3.63, 3.8) is 0 Å². The van der Waals surface area contributed by atoms with Crippen LogP contribution in [0.5, 0.6) is 5.88 Å². The molecule has 4 aromatic carbocycles. The summed E-state index contributed by atoms with van der Waals surface area (Å²) >= 11 is 2.19. The molecule has 6 aromatic rings. The van der Waals surface area contributed by atoms with Crippen molar-refractivity contribution in [1.82, 2.24) is 15.2 Å². The molecule has 0 atom stereocenters. The van der Waals surface area contributed by atoms with E-state index in [4.69, 9.17) is 9.52 Å². The maximum Gasteiger partial charge on any atom is 0.371 e. The van der Waals surface area contributed by atoms with Crippen LogP contribution < -0.4 is 16.0 Å². The zero-order valence-corrected chi connectivity index (χ0v) is 30.1. The van der Waals surface area contributed by atoms with Gasteiger partial charge in [-0.2, -0.15) is 0 Å². The van der Waals surface area contributed by atoms with Crippen molar-refractivity contribution in [3.8, 4) is 22.7 Å². The number of aromatic carboxylic acids is 1. The monoisotopic (exact) mass is 830 g/mol. The van der Waals surface area contributed by atoms with Crippen LogP contribution >= 0.6 is 22.6 Å². The van der Waals surface area contributed by atoms with E-state index in [1.807, 2.05) is 78.9 Å². The second kappa shape index (κ2) is 14.9. The van der Waals surface area contributed by atoms with E-state index in [-0.39, 0.29) is 34.3 Å². The van der Waals surface area contributed by atoms with E-state index in [0.717, 1.165) is 25.3 Å². The lowest BCUT2D eigenvalue weighted by molar-refractivity contribution is -0.117. The van der Waals surface area contributed by atoms with E-state index < -0.39 is 23.3 Å². The first-order chi connectivity index (χ1) is 26.1. The average molecular weight is 831 g/mol. The van der Waals surface area contributed by atoms with Crippen molar-refractivity contribution in [2.24, 2.45) is 0 Å². The topological polar surface area (TPSA) is 175 Å². The van der Waals surface area contributed by atoms with Gasteiger partial charge in [-0.25, -0.2) is 14.5 Å². The molecule has 1 aliphatic heterocycles. The second-order valence-corrected chi connectivity index (χ2v) is 13.1. The minimum Gasteiger partial charge on any atom is -0.493 e. The van der Waals surface area contributed by atoms with E-state index >= 15 is 0 Å². The number of nitrogens with zero attached hydrogens (tertiary/aromatic N) is 2. The van der Waals surface area contributed by atoms with Crippen molar-refractivity contribution in [3.05, 3.63) is 175 Å². The standard InChI is InChI=1S/C21H14N2O5.C20H13IN2O3/c24-19-17(12-16-10-11-18(28-16)21(26)27)20(25)23(22-19)15-8-6-14(7-9-15)13-4-2-1-3-5-13;21-13-6-8-14(9-7-13)23-20(26)17(19(25)22-23)11-12-5-10-18(24)16-4-2-1-3-15(12)16/h1-12H,(H,22,24)(H,26,27);1-11,26H,(H,22,25). The van der Waals surface area contributed by atoms with Crippen molar-refractivity contribution < 1.29 is 33.8 Å². The lowest BCUT2D eigenvalue weighted by Gasteiger charge is -2.15. The number of ketones is 1. The molecular weight excluding hydrogens is 803 g/mol. The third kappa shape index (κ3) is 7.20. The number of H-pyrrole nitrogens is 1. The second-order valence-electron chi connectivity index (χ2n) is 11.9. The minimum atomic E-state index is -1.23. The molecule has 8 rings (SSSR count). The fourth-order valence-corrected chi connectivity index (χ4v) is 6.14. The molecule has 2 amide bonds. The molecule has 266 valence electrons. The smallest absolute Gasteiger partial charge is 0.371 e. The number of halogens is 1. The lowest BCUT2D eigenvalue weighted by Crippen LogP contribution is -2.35. The van der Waals surface area contributed by atoms with Crippen molar-refractivity contribution in [2.45, 2.75) is 0 Å². The van der Waals surface area contributed by atoms with Gasteiger partial charge in [0.2, 0.25) is 11.6 Å². The number of hydrogen-bond donors (Lipinski definition) is 4. The fourth-order valence-electron chi connectivity index (χ4n) is 5.78. The highest BCUT2D eigenvalue weighted by Gasteiger charge is 2.35. The van der Waals surface area contributed by atoms with Gasteiger partial charge in [0.05, 0.1) is 11.4 Å². The summed E-state index contributed by atoms with van der Waals surface area (Å²) < 4.78 is 7.48. The minimum absolute atomic E-state index is 0.0765. The first kappa shape index (κ1) is 35.4. The summed E-state index contributed by atoms with van der Waals surface area (Å²) in [7, 11) is 0. The Balaban J connectivity index is 0.000000167. The number of amides is 2. The van der Waals surface area contributed by atoms with Crippen LogP contribution in [0.2, 0.25) is 0 Å². The van der Waals surface area contributed by atoms with Gasteiger partial charge in [-0.05, 0) is 112 Å². The molecule has 13 heteroatoms. The molecule has 0 saturated carbocycles. The molecule has 1 aliphatic carbocycles. The average Bonchev–Trinajstić information content (AvgIpc) is 3.86. The Kier molecular flexibility index (Phi) is 9.79. The number of nitrogens with one attached hydrogen (secondary N) is 2. The number of aromatic amines is 1. The highest BCUT2D eigenvalue weighted by molar-refractivity contribution is 14.1. The number of benzene rings is 4. The Bertz CT molecular complexity index is 2600. The summed E-state index contributed by atoms with van der Waals surface area (Å²) in [6.07, 6.45) is 5.95. The molecule has 0 bridgehead atoms. The van der Waals surface area contributed by atoms with Crippen LogP contribution in [0, 0.1) is 3.57 Å². The first-order valence-corrected chi connectivity index (χ1v) is 17.3. The molecule has 54 heavy (non-hydrogen) atoms. The number of carbonyl (C=O) groups is 4. The quantitative estimate of drug-likeness (QED) is 0.0799. The molecule has 3 heterocycles. The summed E-state index contributed by atoms with van der Waals surface area (Å²) in [6, 6.07) is 34.2. The van der Waals surface area contributed by atoms with E-state index in [2.05, 4.69) is 33.1 Å². The van der Waals surface area contributed by atoms with Crippen molar-refractivity contribution >= 4 is 69.6 Å². The molecule has 0 radical (unpaired) electrons. The van der Waals surface area contributed by atoms with Gasteiger partial charge in [0.25, 0.3) is 17.4 Å². The number of rotatable bonds is 6. The Morgan fingerprint density at radius 3 is 2.06 bits per heavy atom. The Labute approximate surface area is 320 Å². The zero-order chi connectivity index (χ0) is 37.9. The normalized spacial score (nSPS) is 14.9. The van der Waals surface area contributed by atoms with Crippen LogP contribution in [0.15, 0.2) is 142 Å². The number of aromatic nitrogens is 2. The van der Waals surface area contributed by atoms with Gasteiger partial charge in [-0.15, -0.1) is 0 Å². The van der Waals surface area contributed by atoms with E-state index in [9.17, 15) is 29.1 Å². The van der Waals surface area contributed by atoms with E-state index in [1.165, 1.54) is 29.0 Å². The van der Waals surface area contributed by atoms with Gasteiger partial charge < -0.3 is 14.6 Å². The van der Waals surface area contributed by atoms with Crippen LogP contribution in [0.1, 0.15) is 37.8 Å². The molecule has 1 saturated heterocycles. The van der Waals surface area contributed by atoms with Crippen LogP contribution in [-0.4, -0.2) is 43.6 Å². The summed E-state index contributed by atoms with van der Waals surface area (Å²) in [5.74, 6) is -2.79. The van der Waals surface area contributed by atoms with Gasteiger partial charge in [-0.1, -0.05) is 72.8 Å². The maximum atomic E-state index is 12.6. The largest absolute Gasteiger partial charge is 0.493 e. The number of hydrogen-bond acceptors (Lipinski definition) is 7. The SMILES string of the molecule is O=C1C=CC(=Cc2c(O)n(-c3ccc(I)cc3)[nH]c2=O)c2ccccc21.O=C1NN(c2ccc(-c3ccccc3)cc2)C(=O)C1=Cc1ccc(C(=O)O)o1. The highest BCUT2D eigenvalue weighted by atomic mass is 127. The summed E-state index contributed by atoms with van der Waals surface area (Å²) in [5.41, 5.74) is 7.29. The van der Waals surface area contributed by atoms with E-state index in [0.29, 0.717) is 22.5 Å². The van der Waals surface area contributed by atoms with Crippen molar-refractivity contribution in [2.75, 3.05) is 5.01 Å². The number of hydrazine groups is 1. The third-order valence-electron chi connectivity index (χ3n) is 8.46. The number of carboxylic acids is 1. The fraction of sp³-hybridized carbons (Fsp3) is 0. The number of carbonyl (C=O) groups excluding carboxylic acids is 3. The van der Waals surface area contributed by atoms with Crippen LogP contribution in [-0.2, 0) is 9.59 Å². The highest BCUT2D eigenvalue weighted by Crippen LogP contribution is 2.30. The predicted octanol–water partition coefficient (Wildman–Crippen LogP) is 6.88. The van der Waals surface area contributed by atoms with Gasteiger partial charge in [0.1, 0.15) is 16.9 Å².